The molecule has 0 spiro atoms. The van der Waals surface area contributed by atoms with Crippen LogP contribution in [0, 0.1) is 6.92 Å². The van der Waals surface area contributed by atoms with E-state index < -0.39 is 0 Å². The fourth-order valence-electron chi connectivity index (χ4n) is 3.48. The van der Waals surface area contributed by atoms with Crippen LogP contribution in [-0.2, 0) is 37.9 Å². The summed E-state index contributed by atoms with van der Waals surface area (Å²) in [6, 6.07) is 6.38. The SMILES string of the molecule is Cc1cc(CN2Cc3ncn(C)c3C[C@H]2COCc2ccncc2)n[nH]1. The maximum Gasteiger partial charge on any atom is 0.0949 e. The smallest absolute Gasteiger partial charge is 0.0949 e. The summed E-state index contributed by atoms with van der Waals surface area (Å²) in [4.78, 5) is 11.0. The number of rotatable bonds is 6. The number of hydrogen-bond donors (Lipinski definition) is 1. The van der Waals surface area contributed by atoms with Crippen LogP contribution in [0.15, 0.2) is 36.9 Å². The monoisotopic (exact) mass is 352 g/mol. The summed E-state index contributed by atoms with van der Waals surface area (Å²) in [5, 5.41) is 7.42. The molecule has 0 aromatic carbocycles. The number of nitrogens with zero attached hydrogens (tertiary/aromatic N) is 5. The number of ether oxygens (including phenoxy) is 1. The fraction of sp³-hybridized carbons (Fsp3) is 0.421. The number of H-pyrrole nitrogens is 1. The van der Waals surface area contributed by atoms with Crippen molar-refractivity contribution in [2.45, 2.75) is 39.1 Å². The molecule has 1 aliphatic heterocycles. The molecule has 0 saturated heterocycles. The van der Waals surface area contributed by atoms with Crippen molar-refractivity contribution in [1.29, 1.82) is 0 Å². The minimum Gasteiger partial charge on any atom is -0.375 e. The second kappa shape index (κ2) is 7.39. The lowest BCUT2D eigenvalue weighted by molar-refractivity contribution is 0.0355. The molecule has 1 aliphatic rings. The van der Waals surface area contributed by atoms with Gasteiger partial charge >= 0.3 is 0 Å². The van der Waals surface area contributed by atoms with Crippen LogP contribution in [-0.4, -0.2) is 42.3 Å². The van der Waals surface area contributed by atoms with Crippen LogP contribution in [0.25, 0.3) is 0 Å². The molecule has 0 amide bonds. The van der Waals surface area contributed by atoms with E-state index in [4.69, 9.17) is 4.74 Å². The molecule has 1 N–H and O–H groups in total. The molecule has 26 heavy (non-hydrogen) atoms. The van der Waals surface area contributed by atoms with Crippen molar-refractivity contribution in [1.82, 2.24) is 29.6 Å². The van der Waals surface area contributed by atoms with Crippen molar-refractivity contribution in [3.63, 3.8) is 0 Å². The van der Waals surface area contributed by atoms with Gasteiger partial charge in [0.05, 0.1) is 30.9 Å². The Hall–Kier alpha value is -2.51. The standard InChI is InChI=1S/C19H24N6O/c1-14-7-16(23-22-14)9-25-10-18-19(24(2)13-21-18)8-17(25)12-26-11-15-3-5-20-6-4-15/h3-7,13,17H,8-12H2,1-2H3,(H,22,23)/t17-/m0/s1. The summed E-state index contributed by atoms with van der Waals surface area (Å²) in [6.45, 7) is 4.93. The van der Waals surface area contributed by atoms with Gasteiger partial charge in [-0.3, -0.25) is 15.0 Å². The Labute approximate surface area is 153 Å². The summed E-state index contributed by atoms with van der Waals surface area (Å²) in [6.07, 6.45) is 6.44. The summed E-state index contributed by atoms with van der Waals surface area (Å²) < 4.78 is 8.16. The van der Waals surface area contributed by atoms with Crippen LogP contribution in [0.4, 0.5) is 0 Å². The molecule has 7 nitrogen and oxygen atoms in total. The average Bonchev–Trinajstić information content (AvgIpc) is 3.22. The van der Waals surface area contributed by atoms with Gasteiger partial charge in [-0.15, -0.1) is 0 Å². The van der Waals surface area contributed by atoms with Crippen LogP contribution in [0.1, 0.15) is 28.3 Å². The van der Waals surface area contributed by atoms with Gasteiger partial charge in [0.1, 0.15) is 0 Å². The Morgan fingerprint density at radius 2 is 2.15 bits per heavy atom. The molecule has 0 saturated carbocycles. The highest BCUT2D eigenvalue weighted by atomic mass is 16.5. The van der Waals surface area contributed by atoms with Crippen molar-refractivity contribution in [2.24, 2.45) is 7.05 Å². The molecular weight excluding hydrogens is 328 g/mol. The number of aromatic nitrogens is 5. The van der Waals surface area contributed by atoms with Gasteiger partial charge < -0.3 is 9.30 Å². The highest BCUT2D eigenvalue weighted by molar-refractivity contribution is 5.19. The first-order valence-corrected chi connectivity index (χ1v) is 8.89. The molecule has 0 unspecified atom stereocenters. The second-order valence-electron chi connectivity index (χ2n) is 6.92. The topological polar surface area (TPSA) is 71.9 Å². The summed E-state index contributed by atoms with van der Waals surface area (Å²) in [7, 11) is 2.06. The van der Waals surface area contributed by atoms with Gasteiger partial charge in [-0.25, -0.2) is 4.98 Å². The van der Waals surface area contributed by atoms with Crippen LogP contribution in [0.3, 0.4) is 0 Å². The second-order valence-corrected chi connectivity index (χ2v) is 6.92. The first-order chi connectivity index (χ1) is 12.7. The number of imidazole rings is 1. The lowest BCUT2D eigenvalue weighted by Gasteiger charge is -2.34. The predicted molar refractivity (Wildman–Crippen MR) is 97.2 cm³/mol. The normalized spacial score (nSPS) is 17.4. The predicted octanol–water partition coefficient (Wildman–Crippen LogP) is 1.99. The van der Waals surface area contributed by atoms with E-state index >= 15 is 0 Å². The summed E-state index contributed by atoms with van der Waals surface area (Å²) in [5.41, 5.74) is 5.75. The zero-order chi connectivity index (χ0) is 17.9. The Kier molecular flexibility index (Phi) is 4.81. The third kappa shape index (κ3) is 3.68. The van der Waals surface area contributed by atoms with Gasteiger partial charge in [0.25, 0.3) is 0 Å². The van der Waals surface area contributed by atoms with Gasteiger partial charge in [-0.1, -0.05) is 0 Å². The number of hydrogen-bond acceptors (Lipinski definition) is 5. The third-order valence-corrected chi connectivity index (χ3v) is 4.90. The fourth-order valence-corrected chi connectivity index (χ4v) is 3.48. The van der Waals surface area contributed by atoms with Gasteiger partial charge in [-0.05, 0) is 30.7 Å². The highest BCUT2D eigenvalue weighted by Gasteiger charge is 2.29. The number of aromatic amines is 1. The van der Waals surface area contributed by atoms with E-state index in [1.807, 2.05) is 25.4 Å². The van der Waals surface area contributed by atoms with Crippen molar-refractivity contribution >= 4 is 0 Å². The van der Waals surface area contributed by atoms with Crippen LogP contribution >= 0.6 is 0 Å². The Balaban J connectivity index is 1.46. The molecule has 7 heteroatoms. The molecule has 4 rings (SSSR count). The molecule has 0 aliphatic carbocycles. The van der Waals surface area contributed by atoms with E-state index in [-0.39, 0.29) is 0 Å². The molecule has 136 valence electrons. The van der Waals surface area contributed by atoms with Gasteiger partial charge in [-0.2, -0.15) is 5.10 Å². The van der Waals surface area contributed by atoms with Gasteiger partial charge in [0, 0.05) is 56.4 Å². The Bertz CT molecular complexity index is 856. The van der Waals surface area contributed by atoms with E-state index in [1.165, 1.54) is 5.69 Å². The lowest BCUT2D eigenvalue weighted by atomic mass is 10.0. The van der Waals surface area contributed by atoms with Gasteiger partial charge in [0.2, 0.25) is 0 Å². The maximum atomic E-state index is 6.04. The molecule has 0 fully saturated rings. The average molecular weight is 352 g/mol. The minimum atomic E-state index is 0.303. The summed E-state index contributed by atoms with van der Waals surface area (Å²) in [5.74, 6) is 0. The first-order valence-electron chi connectivity index (χ1n) is 8.89. The number of aryl methyl sites for hydroxylation is 2. The van der Waals surface area contributed by atoms with Crippen molar-refractivity contribution in [3.8, 4) is 0 Å². The molecule has 0 radical (unpaired) electrons. The van der Waals surface area contributed by atoms with Crippen molar-refractivity contribution < 1.29 is 4.74 Å². The Morgan fingerprint density at radius 1 is 1.31 bits per heavy atom. The van der Waals surface area contributed by atoms with Gasteiger partial charge in [0.15, 0.2) is 0 Å². The Morgan fingerprint density at radius 3 is 2.92 bits per heavy atom. The third-order valence-electron chi connectivity index (χ3n) is 4.90. The van der Waals surface area contributed by atoms with Crippen LogP contribution in [0.2, 0.25) is 0 Å². The molecule has 3 aromatic rings. The van der Waals surface area contributed by atoms with E-state index in [1.54, 1.807) is 12.4 Å². The first kappa shape index (κ1) is 16.9. The molecule has 1 atom stereocenters. The minimum absolute atomic E-state index is 0.303. The zero-order valence-corrected chi connectivity index (χ0v) is 15.2. The molecule has 4 heterocycles. The molecular formula is C19H24N6O. The van der Waals surface area contributed by atoms with E-state index in [2.05, 4.69) is 42.7 Å². The van der Waals surface area contributed by atoms with E-state index in [0.717, 1.165) is 42.2 Å². The number of pyridine rings is 1. The maximum absolute atomic E-state index is 6.04. The van der Waals surface area contributed by atoms with E-state index in [0.29, 0.717) is 19.3 Å². The van der Waals surface area contributed by atoms with E-state index in [9.17, 15) is 0 Å². The van der Waals surface area contributed by atoms with Crippen molar-refractivity contribution in [3.05, 3.63) is 65.3 Å². The van der Waals surface area contributed by atoms with Crippen molar-refractivity contribution in [2.75, 3.05) is 6.61 Å². The zero-order valence-electron chi connectivity index (χ0n) is 15.2. The largest absolute Gasteiger partial charge is 0.375 e. The molecule has 0 bridgehead atoms. The lowest BCUT2D eigenvalue weighted by Crippen LogP contribution is -2.43. The highest BCUT2D eigenvalue weighted by Crippen LogP contribution is 2.24. The van der Waals surface area contributed by atoms with Crippen LogP contribution < -0.4 is 0 Å². The number of nitrogens with one attached hydrogen (secondary N) is 1. The number of fused-ring (bicyclic) bond motifs is 1. The quantitative estimate of drug-likeness (QED) is 0.735. The molecule has 3 aromatic heterocycles. The van der Waals surface area contributed by atoms with Crippen LogP contribution in [0.5, 0.6) is 0 Å². The summed E-state index contributed by atoms with van der Waals surface area (Å²) >= 11 is 0.